The van der Waals surface area contributed by atoms with E-state index >= 15 is 0 Å². The van der Waals surface area contributed by atoms with Gasteiger partial charge in [0.25, 0.3) is 0 Å². The quantitative estimate of drug-likeness (QED) is 0.592. The standard InChI is InChI=1S/C22H25ClF2N2O2S/c1-14(2)26-22(29)15(3)27(11-16-7-9-17(24)10-8-16)21(28)13-30-12-18-19(23)5-4-6-20(18)25/h4-10,14-15H,11-13H2,1-3H3,(H,26,29)/t15-/m0/s1. The molecule has 0 spiro atoms. The van der Waals surface area contributed by atoms with Crippen LogP contribution >= 0.6 is 23.4 Å². The van der Waals surface area contributed by atoms with Gasteiger partial charge in [0.05, 0.1) is 5.75 Å². The SMILES string of the molecule is CC(C)NC(=O)[C@H](C)N(Cc1ccc(F)cc1)C(=O)CSCc1c(F)cccc1Cl. The van der Waals surface area contributed by atoms with E-state index in [9.17, 15) is 18.4 Å². The summed E-state index contributed by atoms with van der Waals surface area (Å²) >= 11 is 7.26. The Morgan fingerprint density at radius 3 is 2.37 bits per heavy atom. The van der Waals surface area contributed by atoms with Gasteiger partial charge in [-0.25, -0.2) is 8.78 Å². The van der Waals surface area contributed by atoms with Gasteiger partial charge in [0, 0.05) is 28.9 Å². The van der Waals surface area contributed by atoms with Crippen molar-refractivity contribution in [2.75, 3.05) is 5.75 Å². The normalized spacial score (nSPS) is 12.0. The number of rotatable bonds is 9. The van der Waals surface area contributed by atoms with Crippen molar-refractivity contribution in [2.24, 2.45) is 0 Å². The Kier molecular flexibility index (Phi) is 9.11. The maximum atomic E-state index is 13.9. The molecule has 0 saturated heterocycles. The van der Waals surface area contributed by atoms with Gasteiger partial charge < -0.3 is 10.2 Å². The first-order valence-electron chi connectivity index (χ1n) is 9.54. The number of benzene rings is 2. The maximum absolute atomic E-state index is 13.9. The van der Waals surface area contributed by atoms with E-state index in [-0.39, 0.29) is 41.7 Å². The summed E-state index contributed by atoms with van der Waals surface area (Å²) in [7, 11) is 0. The summed E-state index contributed by atoms with van der Waals surface area (Å²) < 4.78 is 27.1. The summed E-state index contributed by atoms with van der Waals surface area (Å²) in [4.78, 5) is 26.9. The number of thioether (sulfide) groups is 1. The molecule has 0 unspecified atom stereocenters. The number of hydrogen-bond donors (Lipinski definition) is 1. The monoisotopic (exact) mass is 454 g/mol. The van der Waals surface area contributed by atoms with Crippen molar-refractivity contribution < 1.29 is 18.4 Å². The molecular weight excluding hydrogens is 430 g/mol. The van der Waals surface area contributed by atoms with Gasteiger partial charge in [-0.2, -0.15) is 0 Å². The molecule has 1 atom stereocenters. The number of amides is 2. The van der Waals surface area contributed by atoms with E-state index in [0.29, 0.717) is 16.1 Å². The molecule has 0 heterocycles. The van der Waals surface area contributed by atoms with Gasteiger partial charge in [0.1, 0.15) is 17.7 Å². The molecule has 1 N–H and O–H groups in total. The van der Waals surface area contributed by atoms with Crippen molar-refractivity contribution in [2.45, 2.75) is 45.2 Å². The molecule has 0 fully saturated rings. The van der Waals surface area contributed by atoms with E-state index in [1.807, 2.05) is 13.8 Å². The lowest BCUT2D eigenvalue weighted by atomic mass is 10.1. The fourth-order valence-electron chi connectivity index (χ4n) is 2.77. The Morgan fingerprint density at radius 1 is 1.10 bits per heavy atom. The van der Waals surface area contributed by atoms with Crippen LogP contribution in [-0.4, -0.2) is 34.6 Å². The Hall–Kier alpha value is -2.12. The minimum Gasteiger partial charge on any atom is -0.352 e. The zero-order chi connectivity index (χ0) is 22.3. The number of nitrogens with one attached hydrogen (secondary N) is 1. The molecule has 2 aromatic carbocycles. The molecule has 0 aliphatic carbocycles. The molecule has 0 saturated carbocycles. The summed E-state index contributed by atoms with van der Waals surface area (Å²) in [6.45, 7) is 5.49. The van der Waals surface area contributed by atoms with Gasteiger partial charge in [0.15, 0.2) is 0 Å². The van der Waals surface area contributed by atoms with Crippen LogP contribution in [0.25, 0.3) is 0 Å². The second-order valence-electron chi connectivity index (χ2n) is 7.18. The van der Waals surface area contributed by atoms with E-state index in [0.717, 1.165) is 0 Å². The van der Waals surface area contributed by atoms with E-state index in [1.54, 1.807) is 25.1 Å². The van der Waals surface area contributed by atoms with E-state index in [1.165, 1.54) is 40.9 Å². The number of hydrogen-bond acceptors (Lipinski definition) is 3. The van der Waals surface area contributed by atoms with Crippen LogP contribution in [0.15, 0.2) is 42.5 Å². The predicted molar refractivity (Wildman–Crippen MR) is 117 cm³/mol. The maximum Gasteiger partial charge on any atom is 0.242 e. The van der Waals surface area contributed by atoms with Gasteiger partial charge in [-0.15, -0.1) is 11.8 Å². The number of nitrogens with zero attached hydrogens (tertiary/aromatic N) is 1. The van der Waals surface area contributed by atoms with Crippen molar-refractivity contribution in [3.05, 3.63) is 70.2 Å². The highest BCUT2D eigenvalue weighted by Crippen LogP contribution is 2.24. The molecule has 8 heteroatoms. The number of halogens is 3. The highest BCUT2D eigenvalue weighted by atomic mass is 35.5. The van der Waals surface area contributed by atoms with Crippen LogP contribution in [0.3, 0.4) is 0 Å². The topological polar surface area (TPSA) is 49.4 Å². The van der Waals surface area contributed by atoms with Crippen molar-refractivity contribution >= 4 is 35.2 Å². The molecule has 0 radical (unpaired) electrons. The Morgan fingerprint density at radius 2 is 1.77 bits per heavy atom. The third-order valence-corrected chi connectivity index (χ3v) is 5.70. The van der Waals surface area contributed by atoms with Gasteiger partial charge in [-0.3, -0.25) is 9.59 Å². The summed E-state index contributed by atoms with van der Waals surface area (Å²) in [6.07, 6.45) is 0. The van der Waals surface area contributed by atoms with E-state index in [4.69, 9.17) is 11.6 Å². The lowest BCUT2D eigenvalue weighted by Crippen LogP contribution is -2.49. The highest BCUT2D eigenvalue weighted by Gasteiger charge is 2.26. The van der Waals surface area contributed by atoms with Gasteiger partial charge in [0.2, 0.25) is 11.8 Å². The average molecular weight is 455 g/mol. The predicted octanol–water partition coefficient (Wildman–Crippen LogP) is 4.79. The van der Waals surface area contributed by atoms with Crippen molar-refractivity contribution in [3.8, 4) is 0 Å². The third kappa shape index (κ3) is 6.99. The fourth-order valence-corrected chi connectivity index (χ4v) is 4.02. The fraction of sp³-hybridized carbons (Fsp3) is 0.364. The second kappa shape index (κ2) is 11.3. The van der Waals surface area contributed by atoms with Crippen LogP contribution in [0.2, 0.25) is 5.02 Å². The minimum atomic E-state index is -0.720. The first-order valence-corrected chi connectivity index (χ1v) is 11.1. The first kappa shape index (κ1) is 24.2. The molecule has 162 valence electrons. The van der Waals surface area contributed by atoms with Crippen molar-refractivity contribution in [1.29, 1.82) is 0 Å². The Labute approximate surface area is 185 Å². The molecule has 4 nitrogen and oxygen atoms in total. The smallest absolute Gasteiger partial charge is 0.242 e. The Balaban J connectivity index is 2.10. The van der Waals surface area contributed by atoms with Crippen LogP contribution in [0.4, 0.5) is 8.78 Å². The lowest BCUT2D eigenvalue weighted by molar-refractivity contribution is -0.138. The molecule has 0 aliphatic heterocycles. The van der Waals surface area contributed by atoms with Gasteiger partial charge >= 0.3 is 0 Å². The molecule has 0 aliphatic rings. The molecule has 2 amide bonds. The Bertz CT molecular complexity index is 858. The van der Waals surface area contributed by atoms with Crippen LogP contribution in [0.1, 0.15) is 31.9 Å². The lowest BCUT2D eigenvalue weighted by Gasteiger charge is -2.29. The zero-order valence-corrected chi connectivity index (χ0v) is 18.7. The largest absolute Gasteiger partial charge is 0.352 e. The van der Waals surface area contributed by atoms with Crippen LogP contribution in [-0.2, 0) is 21.9 Å². The third-order valence-electron chi connectivity index (χ3n) is 4.40. The average Bonchev–Trinajstić information content (AvgIpc) is 2.68. The molecule has 30 heavy (non-hydrogen) atoms. The highest BCUT2D eigenvalue weighted by molar-refractivity contribution is 7.99. The van der Waals surface area contributed by atoms with Gasteiger partial charge in [-0.05, 0) is 50.6 Å². The number of carbonyl (C=O) groups excluding carboxylic acids is 2. The summed E-state index contributed by atoms with van der Waals surface area (Å²) in [5, 5.41) is 3.11. The minimum absolute atomic E-state index is 0.0468. The van der Waals surface area contributed by atoms with Crippen LogP contribution in [0.5, 0.6) is 0 Å². The molecule has 2 aromatic rings. The molecular formula is C22H25ClF2N2O2S. The summed E-state index contributed by atoms with van der Waals surface area (Å²) in [6, 6.07) is 9.44. The van der Waals surface area contributed by atoms with Crippen molar-refractivity contribution in [3.63, 3.8) is 0 Å². The van der Waals surface area contributed by atoms with Crippen molar-refractivity contribution in [1.82, 2.24) is 10.2 Å². The number of carbonyl (C=O) groups is 2. The van der Waals surface area contributed by atoms with Crippen LogP contribution in [0, 0.1) is 11.6 Å². The summed E-state index contributed by atoms with van der Waals surface area (Å²) in [5.74, 6) is -1.07. The van der Waals surface area contributed by atoms with Gasteiger partial charge in [-0.1, -0.05) is 29.8 Å². The molecule has 0 aromatic heterocycles. The van der Waals surface area contributed by atoms with Crippen LogP contribution < -0.4 is 5.32 Å². The summed E-state index contributed by atoms with van der Waals surface area (Å²) in [5.41, 5.74) is 1.05. The zero-order valence-electron chi connectivity index (χ0n) is 17.1. The van der Waals surface area contributed by atoms with E-state index in [2.05, 4.69) is 5.32 Å². The second-order valence-corrected chi connectivity index (χ2v) is 8.57. The molecule has 0 bridgehead atoms. The van der Waals surface area contributed by atoms with E-state index < -0.39 is 11.9 Å². The molecule has 2 rings (SSSR count). The first-order chi connectivity index (χ1) is 14.2.